The van der Waals surface area contributed by atoms with Gasteiger partial charge in [-0.2, -0.15) is 5.01 Å². The van der Waals surface area contributed by atoms with Crippen LogP contribution in [0.15, 0.2) is 48.5 Å². The molecule has 2 bridgehead atoms. The zero-order chi connectivity index (χ0) is 23.4. The number of carbonyl (C=O) groups excluding carboxylic acids is 4. The van der Waals surface area contributed by atoms with Gasteiger partial charge in [0, 0.05) is 10.6 Å². The second kappa shape index (κ2) is 8.26. The van der Waals surface area contributed by atoms with Crippen LogP contribution in [-0.4, -0.2) is 39.6 Å². The number of carbonyl (C=O) groups is 4. The fraction of sp³-hybridized carbons (Fsp3) is 0.360. The number of fused-ring (bicyclic) bond motifs is 5. The van der Waals surface area contributed by atoms with Gasteiger partial charge in [-0.15, -0.1) is 0 Å². The number of Topliss-reactive ketones (excluding diaryl/α,β-unsaturated/α-hetero) is 1. The van der Waals surface area contributed by atoms with Crippen molar-refractivity contribution in [2.75, 3.05) is 0 Å². The molecule has 0 N–H and O–H groups in total. The molecule has 2 aromatic rings. The van der Waals surface area contributed by atoms with E-state index in [9.17, 15) is 19.2 Å². The Kier molecular flexibility index (Phi) is 5.53. The molecule has 170 valence electrons. The summed E-state index contributed by atoms with van der Waals surface area (Å²) < 4.78 is 0. The van der Waals surface area contributed by atoms with Gasteiger partial charge in [-0.3, -0.25) is 19.2 Å². The molecule has 2 aliphatic carbocycles. The molecule has 0 radical (unpaired) electrons. The average molecular weight is 485 g/mol. The molecule has 1 heterocycles. The zero-order valence-electron chi connectivity index (χ0n) is 17.9. The molecule has 2 saturated carbocycles. The van der Waals surface area contributed by atoms with Crippen molar-refractivity contribution in [3.63, 3.8) is 0 Å². The first-order chi connectivity index (χ1) is 15.8. The maximum atomic E-state index is 13.7. The summed E-state index contributed by atoms with van der Waals surface area (Å²) in [4.78, 5) is 54.1. The lowest BCUT2D eigenvalue weighted by Crippen LogP contribution is -2.57. The minimum Gasteiger partial charge on any atom is -0.292 e. The fourth-order valence-electron chi connectivity index (χ4n) is 5.79. The van der Waals surface area contributed by atoms with Gasteiger partial charge in [-0.05, 0) is 56.2 Å². The predicted octanol–water partition coefficient (Wildman–Crippen LogP) is 4.65. The van der Waals surface area contributed by atoms with Gasteiger partial charge in [0.25, 0.3) is 17.7 Å². The van der Waals surface area contributed by atoms with E-state index in [0.29, 0.717) is 10.6 Å². The van der Waals surface area contributed by atoms with Crippen LogP contribution < -0.4 is 0 Å². The standard InChI is InChI=1S/C25H22Cl2N2O4/c1-13(22(30)14-5-3-2-4-6-14)28(23(31)18-10-9-17(26)12-19(18)27)29-24(32)20-15-7-8-16(11-15)21(20)25(29)33/h2-6,9-10,12-13,15-16,20-21H,7-8,11H2,1H3/t13-,15-,16-,20-,21+/m0/s1. The third-order valence-electron chi connectivity index (χ3n) is 7.29. The van der Waals surface area contributed by atoms with Crippen LogP contribution in [0.2, 0.25) is 10.0 Å². The zero-order valence-corrected chi connectivity index (χ0v) is 19.4. The molecule has 5 atom stereocenters. The first kappa shape index (κ1) is 22.1. The molecule has 3 aliphatic rings. The number of hydrogen-bond acceptors (Lipinski definition) is 4. The average Bonchev–Trinajstić information content (AvgIpc) is 3.49. The van der Waals surface area contributed by atoms with Crippen molar-refractivity contribution in [2.24, 2.45) is 23.7 Å². The number of hydrogen-bond donors (Lipinski definition) is 0. The number of amides is 3. The number of rotatable bonds is 5. The molecule has 33 heavy (non-hydrogen) atoms. The molecule has 1 saturated heterocycles. The van der Waals surface area contributed by atoms with Crippen LogP contribution in [0.3, 0.4) is 0 Å². The SMILES string of the molecule is C[C@@H](C(=O)c1ccccc1)N(C(=O)c1ccc(Cl)cc1Cl)N1C(=O)[C@@H]2[C@H]3CC[C@@H](C3)[C@@H]2C1=O. The Morgan fingerprint density at radius 2 is 1.58 bits per heavy atom. The third kappa shape index (κ3) is 3.47. The van der Waals surface area contributed by atoms with Crippen LogP contribution in [0.1, 0.15) is 46.9 Å². The third-order valence-corrected chi connectivity index (χ3v) is 7.84. The van der Waals surface area contributed by atoms with Crippen LogP contribution in [0.25, 0.3) is 0 Å². The van der Waals surface area contributed by atoms with Crippen molar-refractivity contribution >= 4 is 46.7 Å². The second-order valence-electron chi connectivity index (χ2n) is 9.05. The summed E-state index contributed by atoms with van der Waals surface area (Å²) in [5.41, 5.74) is 0.443. The quantitative estimate of drug-likeness (QED) is 0.457. The van der Waals surface area contributed by atoms with Gasteiger partial charge in [0.1, 0.15) is 6.04 Å². The predicted molar refractivity (Wildman–Crippen MR) is 123 cm³/mol. The summed E-state index contributed by atoms with van der Waals surface area (Å²) in [6.07, 6.45) is 2.69. The van der Waals surface area contributed by atoms with E-state index in [-0.39, 0.29) is 28.2 Å². The Labute approximate surface area is 201 Å². The number of nitrogens with zero attached hydrogens (tertiary/aromatic N) is 2. The largest absolute Gasteiger partial charge is 0.292 e. The molecule has 3 fully saturated rings. The van der Waals surface area contributed by atoms with Gasteiger partial charge in [0.05, 0.1) is 22.4 Å². The number of ketones is 1. The van der Waals surface area contributed by atoms with Crippen LogP contribution >= 0.6 is 23.2 Å². The highest BCUT2D eigenvalue weighted by Gasteiger charge is 2.63. The maximum absolute atomic E-state index is 13.7. The van der Waals surface area contributed by atoms with E-state index in [4.69, 9.17) is 23.2 Å². The summed E-state index contributed by atoms with van der Waals surface area (Å²) >= 11 is 12.3. The molecule has 0 spiro atoms. The number of imide groups is 1. The van der Waals surface area contributed by atoms with Crippen LogP contribution in [-0.2, 0) is 9.59 Å². The fourth-order valence-corrected chi connectivity index (χ4v) is 6.28. The first-order valence-electron chi connectivity index (χ1n) is 11.0. The molecule has 5 rings (SSSR count). The van der Waals surface area contributed by atoms with Crippen molar-refractivity contribution < 1.29 is 19.2 Å². The normalized spacial score (nSPS) is 26.5. The molecule has 0 aromatic heterocycles. The maximum Gasteiger partial charge on any atom is 0.275 e. The van der Waals surface area contributed by atoms with E-state index >= 15 is 0 Å². The number of benzene rings is 2. The molecular weight excluding hydrogens is 463 g/mol. The highest BCUT2D eigenvalue weighted by atomic mass is 35.5. The molecule has 3 amide bonds. The highest BCUT2D eigenvalue weighted by Crippen LogP contribution is 2.56. The number of hydrazine groups is 1. The van der Waals surface area contributed by atoms with Gasteiger partial charge in [-0.1, -0.05) is 53.5 Å². The van der Waals surface area contributed by atoms with Crippen molar-refractivity contribution in [3.05, 3.63) is 69.7 Å². The van der Waals surface area contributed by atoms with Crippen LogP contribution in [0, 0.1) is 23.7 Å². The van der Waals surface area contributed by atoms with Crippen molar-refractivity contribution in [1.29, 1.82) is 0 Å². The van der Waals surface area contributed by atoms with Crippen LogP contribution in [0.4, 0.5) is 0 Å². The Hall–Kier alpha value is -2.70. The molecule has 6 nitrogen and oxygen atoms in total. The summed E-state index contributed by atoms with van der Waals surface area (Å²) in [6, 6.07) is 11.8. The Morgan fingerprint density at radius 1 is 0.970 bits per heavy atom. The molecule has 0 unspecified atom stereocenters. The molecule has 2 aromatic carbocycles. The van der Waals surface area contributed by atoms with Gasteiger partial charge in [-0.25, -0.2) is 5.01 Å². The number of halogens is 2. The van der Waals surface area contributed by atoms with Gasteiger partial charge in [0.2, 0.25) is 0 Å². The second-order valence-corrected chi connectivity index (χ2v) is 9.90. The van der Waals surface area contributed by atoms with Crippen molar-refractivity contribution in [3.8, 4) is 0 Å². The molecular formula is C25H22Cl2N2O4. The molecule has 1 aliphatic heterocycles. The van der Waals surface area contributed by atoms with E-state index < -0.39 is 35.6 Å². The van der Waals surface area contributed by atoms with Gasteiger partial charge >= 0.3 is 0 Å². The summed E-state index contributed by atoms with van der Waals surface area (Å²) in [5, 5.41) is 2.36. The topological polar surface area (TPSA) is 74.8 Å². The summed E-state index contributed by atoms with van der Waals surface area (Å²) in [6.45, 7) is 1.53. The lowest BCUT2D eigenvalue weighted by molar-refractivity contribution is -0.157. The first-order valence-corrected chi connectivity index (χ1v) is 11.8. The lowest BCUT2D eigenvalue weighted by Gasteiger charge is -2.35. The monoisotopic (exact) mass is 484 g/mol. The van der Waals surface area contributed by atoms with E-state index in [1.165, 1.54) is 25.1 Å². The van der Waals surface area contributed by atoms with Crippen LogP contribution in [0.5, 0.6) is 0 Å². The van der Waals surface area contributed by atoms with Crippen molar-refractivity contribution in [2.45, 2.75) is 32.2 Å². The minimum atomic E-state index is -1.10. The Bertz CT molecular complexity index is 1140. The molecule has 8 heteroatoms. The van der Waals surface area contributed by atoms with Gasteiger partial charge in [0.15, 0.2) is 5.78 Å². The lowest BCUT2D eigenvalue weighted by atomic mass is 9.81. The Morgan fingerprint density at radius 3 is 2.15 bits per heavy atom. The Balaban J connectivity index is 1.57. The van der Waals surface area contributed by atoms with E-state index in [2.05, 4.69) is 0 Å². The summed E-state index contributed by atoms with van der Waals surface area (Å²) in [7, 11) is 0. The van der Waals surface area contributed by atoms with Gasteiger partial charge < -0.3 is 0 Å². The van der Waals surface area contributed by atoms with E-state index in [1.54, 1.807) is 30.3 Å². The minimum absolute atomic E-state index is 0.0643. The van der Waals surface area contributed by atoms with Crippen molar-refractivity contribution in [1.82, 2.24) is 10.0 Å². The smallest absolute Gasteiger partial charge is 0.275 e. The van der Waals surface area contributed by atoms with E-state index in [1.807, 2.05) is 0 Å². The summed E-state index contributed by atoms with van der Waals surface area (Å²) in [5.74, 6) is -2.42. The van der Waals surface area contributed by atoms with E-state index in [0.717, 1.165) is 29.3 Å². The highest BCUT2D eigenvalue weighted by molar-refractivity contribution is 6.36.